The van der Waals surface area contributed by atoms with Crippen LogP contribution in [0.4, 0.5) is 4.79 Å². The Balaban J connectivity index is 1.84. The van der Waals surface area contributed by atoms with Gasteiger partial charge in [0.1, 0.15) is 6.61 Å². The molecule has 1 fully saturated rings. The van der Waals surface area contributed by atoms with E-state index in [1.165, 1.54) is 0 Å². The molecular formula is C18H26N2O3. The van der Waals surface area contributed by atoms with E-state index in [9.17, 15) is 9.59 Å². The molecule has 0 radical (unpaired) electrons. The lowest BCUT2D eigenvalue weighted by atomic mass is 9.92. The minimum Gasteiger partial charge on any atom is -0.445 e. The summed E-state index contributed by atoms with van der Waals surface area (Å²) in [6.07, 6.45) is 1.98. The third kappa shape index (κ3) is 5.27. The van der Waals surface area contributed by atoms with Crippen molar-refractivity contribution in [3.8, 4) is 0 Å². The predicted octanol–water partition coefficient (Wildman–Crippen LogP) is 2.95. The standard InChI is InChI=1S/C18H26N2O3/c1-3-14-10-16(12-20(11-14)17(21)4-2)19-18(22)23-13-15-8-6-5-7-9-15/h5-9,14,16H,3-4,10-13H2,1-2H3,(H,19,22). The van der Waals surface area contributed by atoms with Crippen LogP contribution in [0, 0.1) is 5.92 Å². The molecule has 23 heavy (non-hydrogen) atoms. The van der Waals surface area contributed by atoms with Crippen LogP contribution in [0.3, 0.4) is 0 Å². The molecule has 1 aromatic rings. The number of nitrogens with one attached hydrogen (secondary N) is 1. The number of alkyl carbamates (subject to hydrolysis) is 1. The second-order valence-electron chi connectivity index (χ2n) is 6.07. The minimum absolute atomic E-state index is 0.0347. The zero-order chi connectivity index (χ0) is 16.7. The molecule has 5 heteroatoms. The first-order valence-electron chi connectivity index (χ1n) is 8.37. The van der Waals surface area contributed by atoms with Crippen molar-refractivity contribution < 1.29 is 14.3 Å². The fraction of sp³-hybridized carbons (Fsp3) is 0.556. The van der Waals surface area contributed by atoms with Gasteiger partial charge in [-0.2, -0.15) is 0 Å². The number of piperidine rings is 1. The van der Waals surface area contributed by atoms with Crippen molar-refractivity contribution in [1.82, 2.24) is 10.2 Å². The number of rotatable bonds is 5. The lowest BCUT2D eigenvalue weighted by Gasteiger charge is -2.37. The molecule has 1 aliphatic heterocycles. The minimum atomic E-state index is -0.417. The molecule has 2 unspecified atom stereocenters. The second kappa shape index (κ2) is 8.56. The number of hydrogen-bond donors (Lipinski definition) is 1. The molecule has 0 spiro atoms. The smallest absolute Gasteiger partial charge is 0.407 e. The Morgan fingerprint density at radius 3 is 2.61 bits per heavy atom. The van der Waals surface area contributed by atoms with Gasteiger partial charge < -0.3 is 15.0 Å². The Kier molecular flexibility index (Phi) is 6.44. The summed E-state index contributed by atoms with van der Waals surface area (Å²) >= 11 is 0. The molecule has 0 aliphatic carbocycles. The average molecular weight is 318 g/mol. The van der Waals surface area contributed by atoms with Gasteiger partial charge >= 0.3 is 6.09 Å². The van der Waals surface area contributed by atoms with Gasteiger partial charge in [-0.3, -0.25) is 4.79 Å². The van der Waals surface area contributed by atoms with E-state index in [-0.39, 0.29) is 18.6 Å². The van der Waals surface area contributed by atoms with E-state index in [2.05, 4.69) is 12.2 Å². The van der Waals surface area contributed by atoms with Crippen LogP contribution in [-0.2, 0) is 16.1 Å². The Bertz CT molecular complexity index is 518. The van der Waals surface area contributed by atoms with Gasteiger partial charge in [0, 0.05) is 19.5 Å². The fourth-order valence-electron chi connectivity index (χ4n) is 2.96. The van der Waals surface area contributed by atoms with Crippen molar-refractivity contribution in [2.24, 2.45) is 5.92 Å². The maximum atomic E-state index is 12.0. The number of carbonyl (C=O) groups excluding carboxylic acids is 2. The number of ether oxygens (including phenoxy) is 1. The first-order valence-corrected chi connectivity index (χ1v) is 8.37. The van der Waals surface area contributed by atoms with Gasteiger partial charge in [-0.25, -0.2) is 4.79 Å². The van der Waals surface area contributed by atoms with E-state index in [0.29, 0.717) is 18.9 Å². The molecule has 2 atom stereocenters. The van der Waals surface area contributed by atoms with E-state index in [1.807, 2.05) is 42.2 Å². The zero-order valence-corrected chi connectivity index (χ0v) is 14.0. The fourth-order valence-corrected chi connectivity index (χ4v) is 2.96. The van der Waals surface area contributed by atoms with E-state index in [4.69, 9.17) is 4.74 Å². The summed E-state index contributed by atoms with van der Waals surface area (Å²) < 4.78 is 5.27. The second-order valence-corrected chi connectivity index (χ2v) is 6.07. The molecule has 1 saturated heterocycles. The summed E-state index contributed by atoms with van der Waals surface area (Å²) in [5.74, 6) is 0.575. The van der Waals surface area contributed by atoms with Gasteiger partial charge in [0.25, 0.3) is 0 Å². The Hall–Kier alpha value is -2.04. The van der Waals surface area contributed by atoms with Crippen molar-refractivity contribution >= 4 is 12.0 Å². The highest BCUT2D eigenvalue weighted by atomic mass is 16.5. The van der Waals surface area contributed by atoms with Crippen molar-refractivity contribution in [3.05, 3.63) is 35.9 Å². The van der Waals surface area contributed by atoms with Crippen LogP contribution in [-0.4, -0.2) is 36.0 Å². The molecule has 2 amide bonds. The van der Waals surface area contributed by atoms with Crippen LogP contribution in [0.1, 0.15) is 38.7 Å². The van der Waals surface area contributed by atoms with Gasteiger partial charge in [-0.1, -0.05) is 50.6 Å². The SMILES string of the molecule is CCC(=O)N1CC(CC)CC(NC(=O)OCc2ccccc2)C1. The van der Waals surface area contributed by atoms with E-state index in [1.54, 1.807) is 0 Å². The highest BCUT2D eigenvalue weighted by Crippen LogP contribution is 2.20. The number of benzene rings is 1. The highest BCUT2D eigenvalue weighted by molar-refractivity contribution is 5.76. The maximum absolute atomic E-state index is 12.0. The Morgan fingerprint density at radius 1 is 1.22 bits per heavy atom. The van der Waals surface area contributed by atoms with Crippen LogP contribution >= 0.6 is 0 Å². The van der Waals surface area contributed by atoms with Crippen molar-refractivity contribution in [1.29, 1.82) is 0 Å². The van der Waals surface area contributed by atoms with Gasteiger partial charge in [0.15, 0.2) is 0 Å². The van der Waals surface area contributed by atoms with Crippen molar-refractivity contribution in [3.63, 3.8) is 0 Å². The molecule has 0 bridgehead atoms. The Morgan fingerprint density at radius 2 is 1.96 bits per heavy atom. The summed E-state index contributed by atoms with van der Waals surface area (Å²) in [6.45, 7) is 5.61. The first-order chi connectivity index (χ1) is 11.1. The van der Waals surface area contributed by atoms with E-state index >= 15 is 0 Å². The molecule has 1 heterocycles. The van der Waals surface area contributed by atoms with Crippen LogP contribution in [0.2, 0.25) is 0 Å². The van der Waals surface area contributed by atoms with Gasteiger partial charge in [-0.15, -0.1) is 0 Å². The lowest BCUT2D eigenvalue weighted by molar-refractivity contribution is -0.133. The monoisotopic (exact) mass is 318 g/mol. The van der Waals surface area contributed by atoms with Gasteiger partial charge in [0.05, 0.1) is 6.04 Å². The number of nitrogens with zero attached hydrogens (tertiary/aromatic N) is 1. The normalized spacial score (nSPS) is 20.9. The molecule has 1 aliphatic rings. The van der Waals surface area contributed by atoms with Crippen molar-refractivity contribution in [2.45, 2.75) is 45.8 Å². The summed E-state index contributed by atoms with van der Waals surface area (Å²) in [7, 11) is 0. The van der Waals surface area contributed by atoms with Gasteiger partial charge in [-0.05, 0) is 17.9 Å². The number of likely N-dealkylation sites (tertiary alicyclic amines) is 1. The lowest BCUT2D eigenvalue weighted by Crippen LogP contribution is -2.52. The maximum Gasteiger partial charge on any atom is 0.407 e. The third-order valence-corrected chi connectivity index (χ3v) is 4.30. The number of carbonyl (C=O) groups is 2. The number of amides is 2. The van der Waals surface area contributed by atoms with E-state index in [0.717, 1.165) is 24.9 Å². The number of hydrogen-bond acceptors (Lipinski definition) is 3. The third-order valence-electron chi connectivity index (χ3n) is 4.30. The molecular weight excluding hydrogens is 292 g/mol. The average Bonchev–Trinajstić information content (AvgIpc) is 2.59. The van der Waals surface area contributed by atoms with Gasteiger partial charge in [0.2, 0.25) is 5.91 Å². The molecule has 1 aromatic carbocycles. The van der Waals surface area contributed by atoms with Crippen LogP contribution < -0.4 is 5.32 Å². The largest absolute Gasteiger partial charge is 0.445 e. The van der Waals surface area contributed by atoms with Crippen LogP contribution in [0.5, 0.6) is 0 Å². The zero-order valence-electron chi connectivity index (χ0n) is 14.0. The first kappa shape index (κ1) is 17.3. The quantitative estimate of drug-likeness (QED) is 0.908. The molecule has 0 saturated carbocycles. The summed E-state index contributed by atoms with van der Waals surface area (Å²) in [4.78, 5) is 25.8. The van der Waals surface area contributed by atoms with E-state index < -0.39 is 6.09 Å². The van der Waals surface area contributed by atoms with Crippen LogP contribution in [0.25, 0.3) is 0 Å². The molecule has 2 rings (SSSR count). The summed E-state index contributed by atoms with van der Waals surface area (Å²) in [5, 5.41) is 2.91. The Labute approximate surface area is 138 Å². The summed E-state index contributed by atoms with van der Waals surface area (Å²) in [6, 6.07) is 9.56. The molecule has 0 aromatic heterocycles. The predicted molar refractivity (Wildman–Crippen MR) is 88.8 cm³/mol. The summed E-state index contributed by atoms with van der Waals surface area (Å²) in [5.41, 5.74) is 0.959. The molecule has 5 nitrogen and oxygen atoms in total. The highest BCUT2D eigenvalue weighted by Gasteiger charge is 2.29. The van der Waals surface area contributed by atoms with Crippen molar-refractivity contribution in [2.75, 3.05) is 13.1 Å². The molecule has 126 valence electrons. The topological polar surface area (TPSA) is 58.6 Å². The molecule has 1 N–H and O–H groups in total. The van der Waals surface area contributed by atoms with Crippen LogP contribution in [0.15, 0.2) is 30.3 Å².